The molecule has 3 rings (SSSR count). The van der Waals surface area contributed by atoms with Crippen LogP contribution >= 0.6 is 24.0 Å². The molecule has 3 heterocycles. The van der Waals surface area contributed by atoms with Crippen LogP contribution in [-0.4, -0.2) is 71.1 Å². The first kappa shape index (κ1) is 26.5. The van der Waals surface area contributed by atoms with Gasteiger partial charge in [0.25, 0.3) is 0 Å². The molecule has 0 amide bonds. The Morgan fingerprint density at radius 3 is 2.50 bits per heavy atom. The summed E-state index contributed by atoms with van der Waals surface area (Å²) in [5.41, 5.74) is 3.14. The van der Waals surface area contributed by atoms with E-state index in [0.717, 1.165) is 68.1 Å². The second kappa shape index (κ2) is 13.1. The van der Waals surface area contributed by atoms with Crippen molar-refractivity contribution in [2.75, 3.05) is 39.4 Å². The number of pyridine rings is 1. The van der Waals surface area contributed by atoms with Gasteiger partial charge in [0.05, 0.1) is 25.5 Å². The summed E-state index contributed by atoms with van der Waals surface area (Å²) >= 11 is 0. The molecule has 0 spiro atoms. The van der Waals surface area contributed by atoms with Gasteiger partial charge in [-0.3, -0.25) is 4.90 Å². The number of hydrogen-bond acceptors (Lipinski definition) is 5. The second-order valence-corrected chi connectivity index (χ2v) is 8.40. The van der Waals surface area contributed by atoms with Crippen LogP contribution in [0.15, 0.2) is 29.4 Å². The van der Waals surface area contributed by atoms with Crippen molar-refractivity contribution >= 4 is 29.9 Å². The molecule has 0 saturated carbocycles. The van der Waals surface area contributed by atoms with Crippen LogP contribution in [0.25, 0.3) is 5.82 Å². The molecule has 0 radical (unpaired) electrons. The maximum Gasteiger partial charge on any atom is 0.191 e. The van der Waals surface area contributed by atoms with Gasteiger partial charge in [0.2, 0.25) is 0 Å². The molecule has 1 fully saturated rings. The van der Waals surface area contributed by atoms with Gasteiger partial charge in [-0.25, -0.2) is 14.7 Å². The fourth-order valence-electron chi connectivity index (χ4n) is 3.91. The molecule has 2 N–H and O–H groups in total. The molecule has 178 valence electrons. The predicted octanol–water partition coefficient (Wildman–Crippen LogP) is 2.91. The first-order chi connectivity index (χ1) is 15.0. The van der Waals surface area contributed by atoms with Crippen molar-refractivity contribution in [2.24, 2.45) is 10.9 Å². The van der Waals surface area contributed by atoms with E-state index in [2.05, 4.69) is 58.5 Å². The normalized spacial score (nSPS) is 16.0. The summed E-state index contributed by atoms with van der Waals surface area (Å²) in [6.07, 6.45) is 1.88. The summed E-state index contributed by atoms with van der Waals surface area (Å²) in [6.45, 7) is 16.5. The molecular formula is C23H38IN7O. The molecule has 1 saturated heterocycles. The Hall–Kier alpha value is -1.72. The molecular weight excluding hydrogens is 517 g/mol. The second-order valence-electron chi connectivity index (χ2n) is 8.40. The number of hydrogen-bond donors (Lipinski definition) is 2. The number of aryl methyl sites for hydroxylation is 2. The van der Waals surface area contributed by atoms with E-state index in [1.807, 2.05) is 30.8 Å². The van der Waals surface area contributed by atoms with Gasteiger partial charge in [0, 0.05) is 44.1 Å². The standard InChI is InChI=1S/C23H37N7O.HI/c1-6-24-23(27-16-21(17(2)3)29-9-11-31-12-10-29)26-15-20-7-8-22(25-14-20)30-19(5)13-18(4)28-30;/h7-8,13-14,17,21H,6,9-12,15-16H2,1-5H3,(H2,24,26,27);1H. The third kappa shape index (κ3) is 7.41. The Morgan fingerprint density at radius 1 is 1.19 bits per heavy atom. The van der Waals surface area contributed by atoms with E-state index in [1.54, 1.807) is 0 Å². The number of nitrogens with one attached hydrogen (secondary N) is 2. The van der Waals surface area contributed by atoms with Gasteiger partial charge >= 0.3 is 0 Å². The van der Waals surface area contributed by atoms with Gasteiger partial charge in [0.1, 0.15) is 0 Å². The molecule has 1 aliphatic heterocycles. The van der Waals surface area contributed by atoms with Crippen molar-refractivity contribution in [1.29, 1.82) is 0 Å². The molecule has 1 unspecified atom stereocenters. The number of guanidine groups is 1. The van der Waals surface area contributed by atoms with Gasteiger partial charge in [-0.1, -0.05) is 19.9 Å². The number of morpholine rings is 1. The minimum Gasteiger partial charge on any atom is -0.379 e. The van der Waals surface area contributed by atoms with E-state index < -0.39 is 0 Å². The molecule has 9 heteroatoms. The van der Waals surface area contributed by atoms with Crippen LogP contribution in [0.4, 0.5) is 0 Å². The van der Waals surface area contributed by atoms with Gasteiger partial charge in [0.15, 0.2) is 11.8 Å². The van der Waals surface area contributed by atoms with E-state index in [1.165, 1.54) is 0 Å². The van der Waals surface area contributed by atoms with E-state index in [9.17, 15) is 0 Å². The third-order valence-corrected chi connectivity index (χ3v) is 5.56. The zero-order chi connectivity index (χ0) is 22.2. The highest BCUT2D eigenvalue weighted by Gasteiger charge is 2.23. The summed E-state index contributed by atoms with van der Waals surface area (Å²) in [5, 5.41) is 11.4. The van der Waals surface area contributed by atoms with Crippen molar-refractivity contribution in [1.82, 2.24) is 30.3 Å². The minimum absolute atomic E-state index is 0. The number of rotatable bonds is 8. The lowest BCUT2D eigenvalue weighted by Crippen LogP contribution is -2.52. The zero-order valence-corrected chi connectivity index (χ0v) is 22.3. The highest BCUT2D eigenvalue weighted by Crippen LogP contribution is 2.13. The number of nitrogens with zero attached hydrogens (tertiary/aromatic N) is 5. The van der Waals surface area contributed by atoms with E-state index in [4.69, 9.17) is 9.73 Å². The fraction of sp³-hybridized carbons (Fsp3) is 0.609. The number of ether oxygens (including phenoxy) is 1. The van der Waals surface area contributed by atoms with Gasteiger partial charge < -0.3 is 15.4 Å². The monoisotopic (exact) mass is 555 g/mol. The van der Waals surface area contributed by atoms with Crippen LogP contribution < -0.4 is 10.6 Å². The smallest absolute Gasteiger partial charge is 0.191 e. The lowest BCUT2D eigenvalue weighted by Gasteiger charge is -2.37. The molecule has 32 heavy (non-hydrogen) atoms. The summed E-state index contributed by atoms with van der Waals surface area (Å²) in [7, 11) is 0. The summed E-state index contributed by atoms with van der Waals surface area (Å²) in [4.78, 5) is 11.9. The molecule has 0 aromatic carbocycles. The lowest BCUT2D eigenvalue weighted by atomic mass is 10.0. The topological polar surface area (TPSA) is 79.6 Å². The number of halogens is 1. The van der Waals surface area contributed by atoms with Crippen molar-refractivity contribution in [3.63, 3.8) is 0 Å². The van der Waals surface area contributed by atoms with Gasteiger partial charge in [-0.15, -0.1) is 24.0 Å². The SMILES string of the molecule is CCNC(=NCc1ccc(-n2nc(C)cc2C)nc1)NCC(C(C)C)N1CCOCC1.I. The molecule has 2 aromatic rings. The Labute approximate surface area is 209 Å². The highest BCUT2D eigenvalue weighted by molar-refractivity contribution is 14.0. The summed E-state index contributed by atoms with van der Waals surface area (Å²) in [5.74, 6) is 2.22. The molecule has 2 aromatic heterocycles. The molecule has 1 aliphatic rings. The summed E-state index contributed by atoms with van der Waals surface area (Å²) < 4.78 is 7.38. The maximum atomic E-state index is 5.52. The van der Waals surface area contributed by atoms with Crippen LogP contribution in [0.5, 0.6) is 0 Å². The van der Waals surface area contributed by atoms with Gasteiger partial charge in [-0.05, 0) is 44.4 Å². The Balaban J connectivity index is 0.00000363. The zero-order valence-electron chi connectivity index (χ0n) is 20.0. The minimum atomic E-state index is 0. The van der Waals surface area contributed by atoms with Crippen LogP contribution in [0.3, 0.4) is 0 Å². The van der Waals surface area contributed by atoms with Crippen molar-refractivity contribution in [2.45, 2.75) is 47.2 Å². The van der Waals surface area contributed by atoms with Crippen LogP contribution in [0, 0.1) is 19.8 Å². The summed E-state index contributed by atoms with van der Waals surface area (Å²) in [6, 6.07) is 6.57. The average molecular weight is 556 g/mol. The number of aliphatic imine (C=N–C) groups is 1. The molecule has 0 aliphatic carbocycles. The van der Waals surface area contributed by atoms with E-state index in [-0.39, 0.29) is 24.0 Å². The predicted molar refractivity (Wildman–Crippen MR) is 140 cm³/mol. The number of aromatic nitrogens is 3. The van der Waals surface area contributed by atoms with E-state index >= 15 is 0 Å². The third-order valence-electron chi connectivity index (χ3n) is 5.56. The largest absolute Gasteiger partial charge is 0.379 e. The average Bonchev–Trinajstić information content (AvgIpc) is 3.11. The first-order valence-electron chi connectivity index (χ1n) is 11.3. The molecule has 0 bridgehead atoms. The quantitative estimate of drug-likeness (QED) is 0.297. The van der Waals surface area contributed by atoms with Crippen molar-refractivity contribution in [3.8, 4) is 5.82 Å². The highest BCUT2D eigenvalue weighted by atomic mass is 127. The maximum absolute atomic E-state index is 5.52. The van der Waals surface area contributed by atoms with Crippen LogP contribution in [-0.2, 0) is 11.3 Å². The molecule has 8 nitrogen and oxygen atoms in total. The van der Waals surface area contributed by atoms with Crippen LogP contribution in [0.2, 0.25) is 0 Å². The fourth-order valence-corrected chi connectivity index (χ4v) is 3.91. The Kier molecular flexibility index (Phi) is 10.9. The first-order valence-corrected chi connectivity index (χ1v) is 11.3. The Bertz CT molecular complexity index is 845. The van der Waals surface area contributed by atoms with E-state index in [0.29, 0.717) is 18.5 Å². The van der Waals surface area contributed by atoms with Crippen molar-refractivity contribution < 1.29 is 4.74 Å². The van der Waals surface area contributed by atoms with Gasteiger partial charge in [-0.2, -0.15) is 5.10 Å². The molecule has 1 atom stereocenters. The van der Waals surface area contributed by atoms with Crippen molar-refractivity contribution in [3.05, 3.63) is 41.3 Å². The lowest BCUT2D eigenvalue weighted by molar-refractivity contribution is 0.00752. The Morgan fingerprint density at radius 2 is 1.94 bits per heavy atom. The van der Waals surface area contributed by atoms with Crippen LogP contribution in [0.1, 0.15) is 37.7 Å².